The molecule has 1 fully saturated rings. The number of hydrogen-bond donors (Lipinski definition) is 3. The second kappa shape index (κ2) is 4.16. The Morgan fingerprint density at radius 3 is 3.00 bits per heavy atom. The highest BCUT2D eigenvalue weighted by Gasteiger charge is 2.35. The lowest BCUT2D eigenvalue weighted by atomic mass is 10.2. The first-order valence-corrected chi connectivity index (χ1v) is 4.77. The number of aliphatic hydroxyl groups is 2. The van der Waals surface area contributed by atoms with Crippen LogP contribution in [0.2, 0.25) is 0 Å². The van der Waals surface area contributed by atoms with Crippen molar-refractivity contribution in [3.63, 3.8) is 0 Å². The third kappa shape index (κ3) is 1.90. The van der Waals surface area contributed by atoms with Crippen LogP contribution < -0.4 is 11.4 Å². The molecule has 2 rings (SSSR count). The van der Waals surface area contributed by atoms with Crippen LogP contribution in [0.25, 0.3) is 0 Å². The van der Waals surface area contributed by atoms with Gasteiger partial charge in [-0.25, -0.2) is 9.78 Å². The van der Waals surface area contributed by atoms with Crippen molar-refractivity contribution in [2.24, 2.45) is 0 Å². The van der Waals surface area contributed by atoms with E-state index in [9.17, 15) is 9.90 Å². The predicted molar refractivity (Wildman–Crippen MR) is 52.3 cm³/mol. The molecule has 1 aromatic heterocycles. The molecule has 0 amide bonds. The van der Waals surface area contributed by atoms with Crippen LogP contribution in [0, 0.1) is 0 Å². The Bertz CT molecular complexity index is 434. The van der Waals surface area contributed by atoms with Crippen LogP contribution >= 0.6 is 0 Å². The Morgan fingerprint density at radius 2 is 2.44 bits per heavy atom. The standard InChI is InChI=1S/C8H12N4O4/c9-7-10-3-12(8(15)11-7)6-1-4(14)5(2-13)16-6/h3-6,13-14H,1-2H2,(H2,9,11,15)/t4?,5-,6-/m1/s1. The summed E-state index contributed by atoms with van der Waals surface area (Å²) in [4.78, 5) is 18.5. The quantitative estimate of drug-likeness (QED) is 0.527. The summed E-state index contributed by atoms with van der Waals surface area (Å²) in [7, 11) is 0. The monoisotopic (exact) mass is 228 g/mol. The molecular weight excluding hydrogens is 216 g/mol. The maximum Gasteiger partial charge on any atom is 0.354 e. The van der Waals surface area contributed by atoms with E-state index in [1.807, 2.05) is 0 Å². The minimum atomic E-state index is -0.806. The van der Waals surface area contributed by atoms with Crippen LogP contribution in [0.15, 0.2) is 11.1 Å². The van der Waals surface area contributed by atoms with Gasteiger partial charge in [-0.2, -0.15) is 4.98 Å². The second-order valence-electron chi connectivity index (χ2n) is 3.52. The molecule has 0 aromatic carbocycles. The largest absolute Gasteiger partial charge is 0.394 e. The minimum Gasteiger partial charge on any atom is -0.394 e. The van der Waals surface area contributed by atoms with Crippen molar-refractivity contribution in [3.8, 4) is 0 Å². The average Bonchev–Trinajstić information content (AvgIpc) is 2.59. The van der Waals surface area contributed by atoms with Crippen LogP contribution in [0.3, 0.4) is 0 Å². The minimum absolute atomic E-state index is 0.112. The molecule has 8 heteroatoms. The number of rotatable bonds is 2. The van der Waals surface area contributed by atoms with Gasteiger partial charge in [-0.05, 0) is 0 Å². The number of anilines is 1. The van der Waals surface area contributed by atoms with Crippen LogP contribution in [-0.4, -0.2) is 43.6 Å². The number of nitrogens with two attached hydrogens (primary N) is 1. The Hall–Kier alpha value is -1.51. The van der Waals surface area contributed by atoms with Crippen molar-refractivity contribution in [2.45, 2.75) is 24.9 Å². The van der Waals surface area contributed by atoms with Crippen LogP contribution in [0.1, 0.15) is 12.6 Å². The van der Waals surface area contributed by atoms with E-state index in [1.54, 1.807) is 0 Å². The molecular formula is C8H12N4O4. The maximum absolute atomic E-state index is 11.4. The fraction of sp³-hybridized carbons (Fsp3) is 0.625. The molecule has 0 bridgehead atoms. The van der Waals surface area contributed by atoms with Crippen molar-refractivity contribution < 1.29 is 14.9 Å². The third-order valence-electron chi connectivity index (χ3n) is 2.44. The fourth-order valence-corrected chi connectivity index (χ4v) is 1.60. The van der Waals surface area contributed by atoms with E-state index in [1.165, 1.54) is 6.33 Å². The van der Waals surface area contributed by atoms with Crippen molar-refractivity contribution in [2.75, 3.05) is 12.3 Å². The molecule has 0 radical (unpaired) electrons. The van der Waals surface area contributed by atoms with E-state index in [0.717, 1.165) is 4.57 Å². The molecule has 8 nitrogen and oxygen atoms in total. The van der Waals surface area contributed by atoms with Crippen molar-refractivity contribution >= 4 is 5.95 Å². The first kappa shape index (κ1) is 11.0. The van der Waals surface area contributed by atoms with Crippen LogP contribution in [0.5, 0.6) is 0 Å². The van der Waals surface area contributed by atoms with E-state index in [4.69, 9.17) is 15.6 Å². The van der Waals surface area contributed by atoms with Gasteiger partial charge in [0, 0.05) is 6.42 Å². The molecule has 1 aliphatic heterocycles. The normalized spacial score (nSPS) is 29.5. The summed E-state index contributed by atoms with van der Waals surface area (Å²) in [6, 6.07) is 0. The number of ether oxygens (including phenoxy) is 1. The summed E-state index contributed by atoms with van der Waals surface area (Å²) in [6.07, 6.45) is -0.741. The zero-order valence-corrected chi connectivity index (χ0v) is 8.35. The van der Waals surface area contributed by atoms with Gasteiger partial charge in [-0.1, -0.05) is 0 Å². The predicted octanol–water partition coefficient (Wildman–Crippen LogP) is -2.14. The summed E-state index contributed by atoms with van der Waals surface area (Å²) < 4.78 is 6.41. The SMILES string of the molecule is Nc1ncn([C@H]2CC(O)[C@@H](CO)O2)c(=O)n1. The Kier molecular flexibility index (Phi) is 2.86. The topological polar surface area (TPSA) is 123 Å². The van der Waals surface area contributed by atoms with E-state index in [2.05, 4.69) is 9.97 Å². The van der Waals surface area contributed by atoms with Gasteiger partial charge in [0.05, 0.1) is 12.7 Å². The van der Waals surface area contributed by atoms with Crippen LogP contribution in [0.4, 0.5) is 5.95 Å². The fourth-order valence-electron chi connectivity index (χ4n) is 1.60. The maximum atomic E-state index is 11.4. The molecule has 2 heterocycles. The average molecular weight is 228 g/mol. The Balaban J connectivity index is 2.23. The second-order valence-corrected chi connectivity index (χ2v) is 3.52. The van der Waals surface area contributed by atoms with Gasteiger partial charge in [0.2, 0.25) is 5.95 Å². The molecule has 1 unspecified atom stereocenters. The Labute approximate surface area is 90.3 Å². The summed E-state index contributed by atoms with van der Waals surface area (Å²) in [5.74, 6) is -0.112. The molecule has 1 aromatic rings. The van der Waals surface area contributed by atoms with E-state index < -0.39 is 24.1 Å². The highest BCUT2D eigenvalue weighted by atomic mass is 16.5. The van der Waals surface area contributed by atoms with Gasteiger partial charge in [0.25, 0.3) is 0 Å². The molecule has 1 saturated heterocycles. The lowest BCUT2D eigenvalue weighted by Gasteiger charge is -2.13. The van der Waals surface area contributed by atoms with E-state index in [0.29, 0.717) is 0 Å². The molecule has 0 saturated carbocycles. The molecule has 0 aliphatic carbocycles. The molecule has 3 atom stereocenters. The first-order valence-electron chi connectivity index (χ1n) is 4.77. The van der Waals surface area contributed by atoms with Gasteiger partial charge in [-0.15, -0.1) is 0 Å². The van der Waals surface area contributed by atoms with Crippen molar-refractivity contribution in [1.29, 1.82) is 0 Å². The first-order chi connectivity index (χ1) is 7.61. The molecule has 1 aliphatic rings. The smallest absolute Gasteiger partial charge is 0.354 e. The van der Waals surface area contributed by atoms with Gasteiger partial charge >= 0.3 is 5.69 Å². The highest BCUT2D eigenvalue weighted by molar-refractivity contribution is 5.09. The van der Waals surface area contributed by atoms with E-state index >= 15 is 0 Å². The third-order valence-corrected chi connectivity index (χ3v) is 2.44. The van der Waals surface area contributed by atoms with Gasteiger partial charge in [0.1, 0.15) is 18.7 Å². The van der Waals surface area contributed by atoms with E-state index in [-0.39, 0.29) is 19.0 Å². The lowest BCUT2D eigenvalue weighted by Crippen LogP contribution is -2.28. The molecule has 16 heavy (non-hydrogen) atoms. The number of nitrogens with zero attached hydrogens (tertiary/aromatic N) is 3. The summed E-state index contributed by atoms with van der Waals surface area (Å²) in [5, 5.41) is 18.4. The number of hydrogen-bond acceptors (Lipinski definition) is 7. The lowest BCUT2D eigenvalue weighted by molar-refractivity contribution is -0.0462. The highest BCUT2D eigenvalue weighted by Crippen LogP contribution is 2.26. The van der Waals surface area contributed by atoms with Gasteiger partial charge in [0.15, 0.2) is 0 Å². The van der Waals surface area contributed by atoms with Crippen LogP contribution in [-0.2, 0) is 4.74 Å². The Morgan fingerprint density at radius 1 is 1.69 bits per heavy atom. The number of nitrogen functional groups attached to an aromatic ring is 1. The van der Waals surface area contributed by atoms with Crippen molar-refractivity contribution in [3.05, 3.63) is 16.8 Å². The number of aromatic nitrogens is 3. The number of aliphatic hydroxyl groups excluding tert-OH is 2. The molecule has 0 spiro atoms. The zero-order chi connectivity index (χ0) is 11.7. The molecule has 88 valence electrons. The van der Waals surface area contributed by atoms with Crippen molar-refractivity contribution in [1.82, 2.24) is 14.5 Å². The van der Waals surface area contributed by atoms with Gasteiger partial charge in [-0.3, -0.25) is 4.57 Å². The molecule has 4 N–H and O–H groups in total. The summed E-state index contributed by atoms with van der Waals surface area (Å²) in [6.45, 7) is -0.303. The zero-order valence-electron chi connectivity index (χ0n) is 8.35. The summed E-state index contributed by atoms with van der Waals surface area (Å²) >= 11 is 0. The summed E-state index contributed by atoms with van der Waals surface area (Å²) in [5.41, 5.74) is 4.65. The van der Waals surface area contributed by atoms with Gasteiger partial charge < -0.3 is 20.7 Å².